The van der Waals surface area contributed by atoms with Crippen LogP contribution in [0.25, 0.3) is 0 Å². The normalized spacial score (nSPS) is 12.6. The first-order chi connectivity index (χ1) is 10.9. The van der Waals surface area contributed by atoms with Crippen LogP contribution in [0.4, 0.5) is 24.5 Å². The molecule has 0 fully saturated rings. The van der Waals surface area contributed by atoms with Gasteiger partial charge in [0.05, 0.1) is 10.6 Å². The number of anilines is 1. The van der Waals surface area contributed by atoms with E-state index in [1.807, 2.05) is 0 Å². The first-order valence-corrected chi connectivity index (χ1v) is 6.59. The standard InChI is InChI=1S/C13H14F3N3O5/c1-6(2)10(18-12(22)13(14,15)16)11(21)17-8-5-7(19(23)24)3-4-9(8)20/h3-6,10,20H,1-2H3,(H,17,21)(H,18,22)/t10-/m0/s1. The summed E-state index contributed by atoms with van der Waals surface area (Å²) in [5, 5.41) is 23.9. The maximum absolute atomic E-state index is 12.3. The van der Waals surface area contributed by atoms with Gasteiger partial charge in [-0.1, -0.05) is 13.8 Å². The summed E-state index contributed by atoms with van der Waals surface area (Å²) in [5.74, 6) is -4.58. The second-order valence-corrected chi connectivity index (χ2v) is 5.14. The molecule has 0 spiro atoms. The third kappa shape index (κ3) is 4.83. The number of aromatic hydroxyl groups is 1. The van der Waals surface area contributed by atoms with Crippen molar-refractivity contribution in [3.05, 3.63) is 28.3 Å². The lowest BCUT2D eigenvalue weighted by atomic mass is 10.0. The smallest absolute Gasteiger partial charge is 0.471 e. The fraction of sp³-hybridized carbons (Fsp3) is 0.385. The van der Waals surface area contributed by atoms with Crippen LogP contribution in [0.5, 0.6) is 5.75 Å². The van der Waals surface area contributed by atoms with E-state index in [4.69, 9.17) is 0 Å². The lowest BCUT2D eigenvalue weighted by molar-refractivity contribution is -0.384. The molecule has 0 aliphatic rings. The van der Waals surface area contributed by atoms with Crippen LogP contribution in [0, 0.1) is 16.0 Å². The molecule has 2 amide bonds. The molecule has 1 rings (SSSR count). The zero-order valence-corrected chi connectivity index (χ0v) is 12.5. The van der Waals surface area contributed by atoms with Gasteiger partial charge in [0.15, 0.2) is 0 Å². The van der Waals surface area contributed by atoms with Crippen molar-refractivity contribution in [2.24, 2.45) is 5.92 Å². The average molecular weight is 349 g/mol. The number of carbonyl (C=O) groups is 2. The lowest BCUT2D eigenvalue weighted by Gasteiger charge is -2.22. The Labute approximate surface area is 133 Å². The average Bonchev–Trinajstić information content (AvgIpc) is 2.44. The Hall–Kier alpha value is -2.85. The van der Waals surface area contributed by atoms with E-state index in [0.29, 0.717) is 0 Å². The van der Waals surface area contributed by atoms with E-state index in [0.717, 1.165) is 18.2 Å². The number of hydrogen-bond acceptors (Lipinski definition) is 5. The summed E-state index contributed by atoms with van der Waals surface area (Å²) in [7, 11) is 0. The molecule has 11 heteroatoms. The highest BCUT2D eigenvalue weighted by atomic mass is 19.4. The second-order valence-electron chi connectivity index (χ2n) is 5.14. The summed E-state index contributed by atoms with van der Waals surface area (Å²) in [4.78, 5) is 33.0. The summed E-state index contributed by atoms with van der Waals surface area (Å²) in [6.45, 7) is 2.79. The van der Waals surface area contributed by atoms with E-state index in [1.54, 1.807) is 5.32 Å². The number of amides is 2. The minimum Gasteiger partial charge on any atom is -0.506 e. The van der Waals surface area contributed by atoms with Gasteiger partial charge in [-0.2, -0.15) is 13.2 Å². The number of halogens is 3. The molecule has 8 nitrogen and oxygen atoms in total. The first kappa shape index (κ1) is 19.2. The second kappa shape index (κ2) is 7.15. The highest BCUT2D eigenvalue weighted by Gasteiger charge is 2.41. The molecule has 0 bridgehead atoms. The zero-order chi connectivity index (χ0) is 18.7. The number of nitrogens with zero attached hydrogens (tertiary/aromatic N) is 1. The van der Waals surface area contributed by atoms with Gasteiger partial charge >= 0.3 is 12.1 Å². The maximum Gasteiger partial charge on any atom is 0.471 e. The molecule has 0 unspecified atom stereocenters. The Bertz CT molecular complexity index is 661. The quantitative estimate of drug-likeness (QED) is 0.426. The van der Waals surface area contributed by atoms with Crippen LogP contribution in [0.2, 0.25) is 0 Å². The lowest BCUT2D eigenvalue weighted by Crippen LogP contribution is -2.51. The Morgan fingerprint density at radius 2 is 1.88 bits per heavy atom. The van der Waals surface area contributed by atoms with Gasteiger partial charge < -0.3 is 15.7 Å². The molecular weight excluding hydrogens is 335 g/mol. The Kier molecular flexibility index (Phi) is 5.72. The minimum atomic E-state index is -5.17. The van der Waals surface area contributed by atoms with Gasteiger partial charge in [-0.3, -0.25) is 19.7 Å². The highest BCUT2D eigenvalue weighted by molar-refractivity contribution is 5.99. The molecule has 0 saturated carbocycles. The number of phenolic OH excluding ortho intramolecular Hbond substituents is 1. The van der Waals surface area contributed by atoms with E-state index < -0.39 is 46.3 Å². The summed E-state index contributed by atoms with van der Waals surface area (Å²) in [5.41, 5.74) is -0.801. The third-order valence-electron chi connectivity index (χ3n) is 2.94. The fourth-order valence-electron chi connectivity index (χ4n) is 1.71. The Balaban J connectivity index is 3.00. The topological polar surface area (TPSA) is 122 Å². The molecule has 24 heavy (non-hydrogen) atoms. The zero-order valence-electron chi connectivity index (χ0n) is 12.5. The summed E-state index contributed by atoms with van der Waals surface area (Å²) >= 11 is 0. The van der Waals surface area contributed by atoms with Crippen molar-refractivity contribution < 1.29 is 32.8 Å². The minimum absolute atomic E-state index is 0.360. The Morgan fingerprint density at radius 3 is 2.33 bits per heavy atom. The SMILES string of the molecule is CC(C)[C@H](NC(=O)C(F)(F)F)C(=O)Nc1cc([N+](=O)[O-])ccc1O. The number of nitro benzene ring substituents is 1. The van der Waals surface area contributed by atoms with E-state index in [2.05, 4.69) is 5.32 Å². The summed E-state index contributed by atoms with van der Waals surface area (Å²) < 4.78 is 36.9. The largest absolute Gasteiger partial charge is 0.506 e. The van der Waals surface area contributed by atoms with Gasteiger partial charge in [-0.05, 0) is 12.0 Å². The molecule has 3 N–H and O–H groups in total. The van der Waals surface area contributed by atoms with Crippen molar-refractivity contribution in [3.63, 3.8) is 0 Å². The van der Waals surface area contributed by atoms with Crippen LogP contribution in [-0.4, -0.2) is 34.1 Å². The van der Waals surface area contributed by atoms with Crippen molar-refractivity contribution in [1.29, 1.82) is 0 Å². The molecule has 132 valence electrons. The molecule has 0 aromatic heterocycles. The maximum atomic E-state index is 12.3. The third-order valence-corrected chi connectivity index (χ3v) is 2.94. The summed E-state index contributed by atoms with van der Waals surface area (Å²) in [6, 6.07) is 1.22. The van der Waals surface area contributed by atoms with Crippen molar-refractivity contribution in [2.45, 2.75) is 26.1 Å². The number of benzene rings is 1. The number of non-ortho nitro benzene ring substituents is 1. The van der Waals surface area contributed by atoms with Gasteiger partial charge in [-0.25, -0.2) is 0 Å². The molecule has 1 aromatic carbocycles. The van der Waals surface area contributed by atoms with Crippen molar-refractivity contribution in [2.75, 3.05) is 5.32 Å². The van der Waals surface area contributed by atoms with E-state index in [9.17, 15) is 38.0 Å². The first-order valence-electron chi connectivity index (χ1n) is 6.59. The molecule has 0 aliphatic heterocycles. The van der Waals surface area contributed by atoms with Crippen LogP contribution >= 0.6 is 0 Å². The van der Waals surface area contributed by atoms with Gasteiger partial charge in [0.1, 0.15) is 11.8 Å². The fourth-order valence-corrected chi connectivity index (χ4v) is 1.71. The van der Waals surface area contributed by atoms with Crippen LogP contribution in [0.15, 0.2) is 18.2 Å². The number of carbonyl (C=O) groups excluding carboxylic acids is 2. The van der Waals surface area contributed by atoms with Crippen molar-refractivity contribution in [1.82, 2.24) is 5.32 Å². The highest BCUT2D eigenvalue weighted by Crippen LogP contribution is 2.28. The van der Waals surface area contributed by atoms with Gasteiger partial charge in [-0.15, -0.1) is 0 Å². The molecule has 0 aliphatic carbocycles. The summed E-state index contributed by atoms with van der Waals surface area (Å²) in [6.07, 6.45) is -5.17. The predicted octanol–water partition coefficient (Wildman–Crippen LogP) is 1.94. The van der Waals surface area contributed by atoms with Gasteiger partial charge in [0.2, 0.25) is 5.91 Å². The number of nitro groups is 1. The van der Waals surface area contributed by atoms with E-state index in [-0.39, 0.29) is 5.69 Å². The van der Waals surface area contributed by atoms with Crippen molar-refractivity contribution in [3.8, 4) is 5.75 Å². The molecular formula is C13H14F3N3O5. The molecule has 0 saturated heterocycles. The number of rotatable bonds is 5. The van der Waals surface area contributed by atoms with E-state index >= 15 is 0 Å². The molecule has 0 heterocycles. The monoisotopic (exact) mass is 349 g/mol. The van der Waals surface area contributed by atoms with Crippen LogP contribution in [0.3, 0.4) is 0 Å². The Morgan fingerprint density at radius 1 is 1.29 bits per heavy atom. The molecule has 1 atom stereocenters. The van der Waals surface area contributed by atoms with Gasteiger partial charge in [0.25, 0.3) is 5.69 Å². The van der Waals surface area contributed by atoms with Crippen LogP contribution in [-0.2, 0) is 9.59 Å². The van der Waals surface area contributed by atoms with E-state index in [1.165, 1.54) is 13.8 Å². The van der Waals surface area contributed by atoms with Crippen LogP contribution in [0.1, 0.15) is 13.8 Å². The van der Waals surface area contributed by atoms with Gasteiger partial charge in [0, 0.05) is 12.1 Å². The van der Waals surface area contributed by atoms with Crippen LogP contribution < -0.4 is 10.6 Å². The number of hydrogen-bond donors (Lipinski definition) is 3. The number of nitrogens with one attached hydrogen (secondary N) is 2. The molecule has 1 aromatic rings. The predicted molar refractivity (Wildman–Crippen MR) is 76.2 cm³/mol. The number of alkyl halides is 3. The molecule has 0 radical (unpaired) electrons. The number of phenols is 1. The van der Waals surface area contributed by atoms with Crippen molar-refractivity contribution >= 4 is 23.2 Å².